The van der Waals surface area contributed by atoms with Gasteiger partial charge in [-0.15, -0.1) is 11.8 Å². The van der Waals surface area contributed by atoms with Crippen LogP contribution in [0.15, 0.2) is 22.1 Å². The van der Waals surface area contributed by atoms with Crippen molar-refractivity contribution in [1.82, 2.24) is 0 Å². The Bertz CT molecular complexity index is 547. The second-order valence-corrected chi connectivity index (χ2v) is 5.57. The van der Waals surface area contributed by atoms with Crippen molar-refractivity contribution in [1.29, 1.82) is 10.5 Å². The SMILES string of the molecule is CCCCCCCSC1=CC(=O)C(C#N)=C(C#N)C1=O. The van der Waals surface area contributed by atoms with E-state index in [2.05, 4.69) is 6.92 Å². The Morgan fingerprint density at radius 2 is 1.70 bits per heavy atom. The molecule has 0 saturated carbocycles. The van der Waals surface area contributed by atoms with Gasteiger partial charge in [0.05, 0.1) is 4.91 Å². The minimum absolute atomic E-state index is 0.279. The van der Waals surface area contributed by atoms with E-state index in [1.165, 1.54) is 37.1 Å². The highest BCUT2D eigenvalue weighted by Crippen LogP contribution is 2.27. The van der Waals surface area contributed by atoms with E-state index in [9.17, 15) is 9.59 Å². The van der Waals surface area contributed by atoms with Gasteiger partial charge >= 0.3 is 0 Å². The van der Waals surface area contributed by atoms with Crippen LogP contribution in [0.5, 0.6) is 0 Å². The third-order valence-corrected chi connectivity index (χ3v) is 4.05. The van der Waals surface area contributed by atoms with Crippen molar-refractivity contribution in [3.63, 3.8) is 0 Å². The van der Waals surface area contributed by atoms with Gasteiger partial charge in [0, 0.05) is 6.08 Å². The summed E-state index contributed by atoms with van der Waals surface area (Å²) >= 11 is 1.29. The lowest BCUT2D eigenvalue weighted by molar-refractivity contribution is -0.114. The van der Waals surface area contributed by atoms with Gasteiger partial charge in [-0.25, -0.2) is 0 Å². The summed E-state index contributed by atoms with van der Waals surface area (Å²) in [4.78, 5) is 23.9. The molecule has 0 fully saturated rings. The van der Waals surface area contributed by atoms with Crippen molar-refractivity contribution >= 4 is 23.3 Å². The van der Waals surface area contributed by atoms with Gasteiger partial charge in [-0.2, -0.15) is 10.5 Å². The predicted octanol–water partition coefficient (Wildman–Crippen LogP) is 3.07. The Hall–Kier alpha value is -1.85. The number of hydrogen-bond donors (Lipinski definition) is 0. The molecule has 0 amide bonds. The lowest BCUT2D eigenvalue weighted by Crippen LogP contribution is -2.16. The standard InChI is InChI=1S/C15H16N2O2S/c1-2-3-4-5-6-7-20-14-8-13(18)11(9-16)12(10-17)15(14)19/h8H,2-7H2,1H3. The van der Waals surface area contributed by atoms with Crippen molar-refractivity contribution in [2.24, 2.45) is 0 Å². The maximum atomic E-state index is 12.0. The van der Waals surface area contributed by atoms with Gasteiger partial charge in [0.25, 0.3) is 0 Å². The minimum atomic E-state index is -0.544. The fourth-order valence-electron chi connectivity index (χ4n) is 1.83. The molecule has 104 valence electrons. The summed E-state index contributed by atoms with van der Waals surface area (Å²) < 4.78 is 0. The molecule has 4 nitrogen and oxygen atoms in total. The van der Waals surface area contributed by atoms with Crippen LogP contribution in [0.1, 0.15) is 39.0 Å². The molecule has 0 spiro atoms. The number of carbonyl (C=O) groups excluding carboxylic acids is 2. The van der Waals surface area contributed by atoms with E-state index in [0.717, 1.165) is 18.6 Å². The molecule has 1 rings (SSSR count). The molecule has 0 unspecified atom stereocenters. The van der Waals surface area contributed by atoms with E-state index in [4.69, 9.17) is 10.5 Å². The van der Waals surface area contributed by atoms with E-state index >= 15 is 0 Å². The molecular weight excluding hydrogens is 272 g/mol. The Kier molecular flexibility index (Phi) is 6.76. The topological polar surface area (TPSA) is 81.7 Å². The monoisotopic (exact) mass is 288 g/mol. The summed E-state index contributed by atoms with van der Waals surface area (Å²) in [5.74, 6) is -0.297. The molecular formula is C15H16N2O2S. The van der Waals surface area contributed by atoms with Gasteiger partial charge in [-0.3, -0.25) is 9.59 Å². The van der Waals surface area contributed by atoms with Crippen LogP contribution >= 0.6 is 11.8 Å². The molecule has 0 aliphatic heterocycles. The average molecular weight is 288 g/mol. The van der Waals surface area contributed by atoms with Crippen LogP contribution in [0.2, 0.25) is 0 Å². The molecule has 20 heavy (non-hydrogen) atoms. The molecule has 0 saturated heterocycles. The first-order valence-corrected chi connectivity index (χ1v) is 7.62. The number of unbranched alkanes of at least 4 members (excludes halogenated alkanes) is 4. The molecule has 1 aliphatic rings. The maximum Gasteiger partial charge on any atom is 0.211 e. The van der Waals surface area contributed by atoms with Crippen molar-refractivity contribution in [3.8, 4) is 12.1 Å². The molecule has 0 bridgehead atoms. The highest BCUT2D eigenvalue weighted by atomic mass is 32.2. The van der Waals surface area contributed by atoms with Crippen LogP contribution in [-0.4, -0.2) is 17.3 Å². The first-order valence-electron chi connectivity index (χ1n) is 6.63. The Balaban J connectivity index is 2.58. The fraction of sp³-hybridized carbons (Fsp3) is 0.467. The number of Topliss-reactive ketones (excluding diaryl/α,β-unsaturated/α-hetero) is 1. The van der Waals surface area contributed by atoms with Gasteiger partial charge in [0.15, 0.2) is 5.78 Å². The smallest absolute Gasteiger partial charge is 0.211 e. The fourth-order valence-corrected chi connectivity index (χ4v) is 2.82. The van der Waals surface area contributed by atoms with E-state index in [1.54, 1.807) is 12.1 Å². The molecule has 0 atom stereocenters. The summed E-state index contributed by atoms with van der Waals surface area (Å²) in [6.07, 6.45) is 6.81. The van der Waals surface area contributed by atoms with Crippen LogP contribution in [0.4, 0.5) is 0 Å². The van der Waals surface area contributed by atoms with Crippen LogP contribution < -0.4 is 0 Å². The summed E-state index contributed by atoms with van der Waals surface area (Å²) in [5.41, 5.74) is -0.668. The normalized spacial score (nSPS) is 14.8. The molecule has 5 heteroatoms. The number of ketones is 2. The van der Waals surface area contributed by atoms with Crippen LogP contribution in [0.3, 0.4) is 0 Å². The van der Waals surface area contributed by atoms with E-state index in [0.29, 0.717) is 0 Å². The van der Waals surface area contributed by atoms with E-state index in [1.807, 2.05) is 0 Å². The quantitative estimate of drug-likeness (QED) is 0.531. The molecule has 0 aromatic rings. The largest absolute Gasteiger partial charge is 0.288 e. The molecule has 0 aromatic heterocycles. The van der Waals surface area contributed by atoms with Crippen LogP contribution in [0.25, 0.3) is 0 Å². The van der Waals surface area contributed by atoms with Crippen molar-refractivity contribution < 1.29 is 9.59 Å². The van der Waals surface area contributed by atoms with Crippen LogP contribution in [0, 0.1) is 22.7 Å². The molecule has 0 N–H and O–H groups in total. The van der Waals surface area contributed by atoms with Crippen molar-refractivity contribution in [3.05, 3.63) is 22.1 Å². The Morgan fingerprint density at radius 3 is 2.30 bits per heavy atom. The van der Waals surface area contributed by atoms with Gasteiger partial charge in [0.1, 0.15) is 23.3 Å². The number of hydrogen-bond acceptors (Lipinski definition) is 5. The Morgan fingerprint density at radius 1 is 1.05 bits per heavy atom. The summed E-state index contributed by atoms with van der Waals surface area (Å²) in [6.45, 7) is 2.15. The van der Waals surface area contributed by atoms with Gasteiger partial charge in [0.2, 0.25) is 5.78 Å². The average Bonchev–Trinajstić information content (AvgIpc) is 2.45. The third kappa shape index (κ3) is 4.08. The van der Waals surface area contributed by atoms with Crippen LogP contribution in [-0.2, 0) is 9.59 Å². The number of nitriles is 2. The summed E-state index contributed by atoms with van der Waals surface area (Å²) in [7, 11) is 0. The number of thioether (sulfide) groups is 1. The number of allylic oxidation sites excluding steroid dienone is 4. The highest BCUT2D eigenvalue weighted by molar-refractivity contribution is 8.04. The summed E-state index contributed by atoms with van der Waals surface area (Å²) in [6, 6.07) is 3.29. The molecule has 0 radical (unpaired) electrons. The third-order valence-electron chi connectivity index (χ3n) is 2.94. The van der Waals surface area contributed by atoms with Gasteiger partial charge in [-0.1, -0.05) is 32.6 Å². The Labute approximate surface area is 123 Å². The zero-order chi connectivity index (χ0) is 15.0. The molecule has 0 aromatic carbocycles. The van der Waals surface area contributed by atoms with E-state index < -0.39 is 11.6 Å². The lowest BCUT2D eigenvalue weighted by Gasteiger charge is -2.10. The highest BCUT2D eigenvalue weighted by Gasteiger charge is 2.28. The second kappa shape index (κ2) is 8.35. The van der Waals surface area contributed by atoms with Gasteiger partial charge < -0.3 is 0 Å². The summed E-state index contributed by atoms with van der Waals surface area (Å²) in [5, 5.41) is 17.7. The molecule has 0 heterocycles. The number of nitrogens with zero attached hydrogens (tertiary/aromatic N) is 2. The second-order valence-electron chi connectivity index (χ2n) is 4.44. The number of carbonyl (C=O) groups is 2. The first-order chi connectivity index (χ1) is 9.65. The van der Waals surface area contributed by atoms with Gasteiger partial charge in [-0.05, 0) is 12.2 Å². The minimum Gasteiger partial charge on any atom is -0.288 e. The zero-order valence-electron chi connectivity index (χ0n) is 11.4. The number of rotatable bonds is 7. The predicted molar refractivity (Wildman–Crippen MR) is 77.6 cm³/mol. The maximum absolute atomic E-state index is 12.0. The first kappa shape index (κ1) is 16.2. The van der Waals surface area contributed by atoms with Crippen molar-refractivity contribution in [2.75, 3.05) is 5.75 Å². The van der Waals surface area contributed by atoms with Crippen molar-refractivity contribution in [2.45, 2.75) is 39.0 Å². The zero-order valence-corrected chi connectivity index (χ0v) is 12.3. The molecule has 1 aliphatic carbocycles. The lowest BCUT2D eigenvalue weighted by atomic mass is 9.97. The van der Waals surface area contributed by atoms with E-state index in [-0.39, 0.29) is 16.1 Å².